The van der Waals surface area contributed by atoms with Gasteiger partial charge in [0.15, 0.2) is 0 Å². The molecule has 0 radical (unpaired) electrons. The molecule has 0 bridgehead atoms. The summed E-state index contributed by atoms with van der Waals surface area (Å²) in [7, 11) is 0. The molecular formula is C15H20N2O2. The van der Waals surface area contributed by atoms with Crippen LogP contribution in [0, 0.1) is 6.92 Å². The zero-order chi connectivity index (χ0) is 13.7. The molecule has 0 saturated carbocycles. The zero-order valence-electron chi connectivity index (χ0n) is 11.3. The van der Waals surface area contributed by atoms with E-state index in [2.05, 4.69) is 5.32 Å². The molecule has 1 saturated heterocycles. The highest BCUT2D eigenvalue weighted by atomic mass is 16.2. The highest BCUT2D eigenvalue weighted by Gasteiger charge is 2.20. The lowest BCUT2D eigenvalue weighted by atomic mass is 10.1. The number of likely N-dealkylation sites (tertiary alicyclic amines) is 1. The first-order chi connectivity index (χ1) is 9.16. The molecule has 102 valence electrons. The summed E-state index contributed by atoms with van der Waals surface area (Å²) in [4.78, 5) is 25.3. The monoisotopic (exact) mass is 260 g/mol. The number of carbonyl (C=O) groups excluding carboxylic acids is 2. The number of hydrogen-bond donors (Lipinski definition) is 1. The second kappa shape index (κ2) is 6.36. The van der Waals surface area contributed by atoms with E-state index in [4.69, 9.17) is 0 Å². The van der Waals surface area contributed by atoms with Gasteiger partial charge in [0.1, 0.15) is 6.42 Å². The molecule has 1 aliphatic heterocycles. The Kier molecular flexibility index (Phi) is 4.55. The number of amides is 2. The van der Waals surface area contributed by atoms with Crippen molar-refractivity contribution in [2.75, 3.05) is 13.1 Å². The van der Waals surface area contributed by atoms with Crippen LogP contribution in [0.1, 0.15) is 30.4 Å². The average molecular weight is 260 g/mol. The molecule has 2 rings (SSSR count). The molecule has 1 heterocycles. The molecule has 1 fully saturated rings. The van der Waals surface area contributed by atoms with Gasteiger partial charge in [0.2, 0.25) is 11.8 Å². The first-order valence-electron chi connectivity index (χ1n) is 6.76. The van der Waals surface area contributed by atoms with Crippen molar-refractivity contribution in [1.29, 1.82) is 0 Å². The van der Waals surface area contributed by atoms with Crippen molar-refractivity contribution >= 4 is 11.8 Å². The van der Waals surface area contributed by atoms with Crippen LogP contribution in [0.5, 0.6) is 0 Å². The highest BCUT2D eigenvalue weighted by molar-refractivity contribution is 5.96. The van der Waals surface area contributed by atoms with Gasteiger partial charge in [0, 0.05) is 19.6 Å². The van der Waals surface area contributed by atoms with Crippen LogP contribution >= 0.6 is 0 Å². The van der Waals surface area contributed by atoms with E-state index < -0.39 is 0 Å². The van der Waals surface area contributed by atoms with Crippen LogP contribution in [0.4, 0.5) is 0 Å². The lowest BCUT2D eigenvalue weighted by Crippen LogP contribution is -2.33. The van der Waals surface area contributed by atoms with Crippen molar-refractivity contribution in [3.8, 4) is 0 Å². The molecule has 0 aromatic heterocycles. The van der Waals surface area contributed by atoms with Gasteiger partial charge < -0.3 is 10.2 Å². The second-order valence-corrected chi connectivity index (χ2v) is 4.97. The van der Waals surface area contributed by atoms with Gasteiger partial charge in [-0.3, -0.25) is 9.59 Å². The standard InChI is InChI=1S/C15H20N2O2/c1-12-6-2-3-7-13(12)11-16-14(18)10-15(19)17-8-4-5-9-17/h2-3,6-7H,4-5,8-11H2,1H3,(H,16,18). The van der Waals surface area contributed by atoms with Crippen molar-refractivity contribution in [1.82, 2.24) is 10.2 Å². The molecule has 0 aliphatic carbocycles. The molecule has 4 nitrogen and oxygen atoms in total. The van der Waals surface area contributed by atoms with Gasteiger partial charge in [-0.2, -0.15) is 0 Å². The fraction of sp³-hybridized carbons (Fsp3) is 0.467. The summed E-state index contributed by atoms with van der Waals surface area (Å²) in [6.07, 6.45) is 2.07. The molecule has 1 aromatic rings. The van der Waals surface area contributed by atoms with Crippen LogP contribution in [0.3, 0.4) is 0 Å². The van der Waals surface area contributed by atoms with Crippen molar-refractivity contribution in [3.63, 3.8) is 0 Å². The average Bonchev–Trinajstić information content (AvgIpc) is 2.91. The Bertz CT molecular complexity index is 465. The summed E-state index contributed by atoms with van der Waals surface area (Å²) in [5.74, 6) is -0.250. The molecule has 19 heavy (non-hydrogen) atoms. The molecule has 1 aliphatic rings. The summed E-state index contributed by atoms with van der Waals surface area (Å²) < 4.78 is 0. The third-order valence-corrected chi connectivity index (χ3v) is 3.51. The minimum absolute atomic E-state index is 0.0358. The van der Waals surface area contributed by atoms with Crippen LogP contribution in [0.2, 0.25) is 0 Å². The second-order valence-electron chi connectivity index (χ2n) is 4.97. The van der Waals surface area contributed by atoms with Crippen molar-refractivity contribution in [3.05, 3.63) is 35.4 Å². The van der Waals surface area contributed by atoms with Gasteiger partial charge in [-0.05, 0) is 30.9 Å². The van der Waals surface area contributed by atoms with Gasteiger partial charge in [-0.15, -0.1) is 0 Å². The molecule has 2 amide bonds. The summed E-state index contributed by atoms with van der Waals surface area (Å²) in [5.41, 5.74) is 2.23. The molecule has 0 spiro atoms. The molecule has 4 heteroatoms. The number of carbonyl (C=O) groups is 2. The van der Waals surface area contributed by atoms with Gasteiger partial charge in [-0.25, -0.2) is 0 Å². The van der Waals surface area contributed by atoms with Crippen LogP contribution in [0.15, 0.2) is 24.3 Å². The third-order valence-electron chi connectivity index (χ3n) is 3.51. The molecule has 0 unspecified atom stereocenters. The normalized spacial score (nSPS) is 14.5. The van der Waals surface area contributed by atoms with E-state index in [0.29, 0.717) is 6.54 Å². The fourth-order valence-electron chi connectivity index (χ4n) is 2.28. The fourth-order valence-corrected chi connectivity index (χ4v) is 2.28. The Balaban J connectivity index is 1.78. The first kappa shape index (κ1) is 13.6. The van der Waals surface area contributed by atoms with E-state index >= 15 is 0 Å². The van der Waals surface area contributed by atoms with Crippen LogP contribution in [0.25, 0.3) is 0 Å². The van der Waals surface area contributed by atoms with Crippen molar-refractivity contribution in [2.45, 2.75) is 32.7 Å². The van der Waals surface area contributed by atoms with Crippen LogP contribution < -0.4 is 5.32 Å². The summed E-state index contributed by atoms with van der Waals surface area (Å²) in [5, 5.41) is 2.81. The predicted molar refractivity (Wildman–Crippen MR) is 73.5 cm³/mol. The van der Waals surface area contributed by atoms with E-state index in [9.17, 15) is 9.59 Å². The number of aryl methyl sites for hydroxylation is 1. The maximum absolute atomic E-state index is 11.8. The van der Waals surface area contributed by atoms with E-state index in [0.717, 1.165) is 37.1 Å². The number of nitrogens with one attached hydrogen (secondary N) is 1. The zero-order valence-corrected chi connectivity index (χ0v) is 11.3. The number of hydrogen-bond acceptors (Lipinski definition) is 2. The Morgan fingerprint density at radius 2 is 1.89 bits per heavy atom. The smallest absolute Gasteiger partial charge is 0.232 e. The maximum Gasteiger partial charge on any atom is 0.232 e. The summed E-state index contributed by atoms with van der Waals surface area (Å²) >= 11 is 0. The van der Waals surface area contributed by atoms with E-state index in [1.165, 1.54) is 0 Å². The highest BCUT2D eigenvalue weighted by Crippen LogP contribution is 2.09. The predicted octanol–water partition coefficient (Wildman–Crippen LogP) is 1.62. The van der Waals surface area contributed by atoms with Gasteiger partial charge in [0.25, 0.3) is 0 Å². The number of benzene rings is 1. The quantitative estimate of drug-likeness (QED) is 0.836. The lowest BCUT2D eigenvalue weighted by Gasteiger charge is -2.15. The van der Waals surface area contributed by atoms with Crippen molar-refractivity contribution in [2.24, 2.45) is 0 Å². The lowest BCUT2D eigenvalue weighted by molar-refractivity contribution is -0.135. The summed E-state index contributed by atoms with van der Waals surface area (Å²) in [6.45, 7) is 4.09. The van der Waals surface area contributed by atoms with E-state index in [-0.39, 0.29) is 18.2 Å². The SMILES string of the molecule is Cc1ccccc1CNC(=O)CC(=O)N1CCCC1. The van der Waals surface area contributed by atoms with Crippen LogP contribution in [-0.2, 0) is 16.1 Å². The molecule has 0 atom stereocenters. The Hall–Kier alpha value is -1.84. The Morgan fingerprint density at radius 1 is 1.21 bits per heavy atom. The van der Waals surface area contributed by atoms with Gasteiger partial charge >= 0.3 is 0 Å². The number of nitrogens with zero attached hydrogens (tertiary/aromatic N) is 1. The van der Waals surface area contributed by atoms with Gasteiger partial charge in [-0.1, -0.05) is 24.3 Å². The molecular weight excluding hydrogens is 240 g/mol. The van der Waals surface area contributed by atoms with E-state index in [1.54, 1.807) is 4.90 Å². The van der Waals surface area contributed by atoms with Gasteiger partial charge in [0.05, 0.1) is 0 Å². The Labute approximate surface area is 113 Å². The molecule has 1 N–H and O–H groups in total. The summed E-state index contributed by atoms with van der Waals surface area (Å²) in [6, 6.07) is 7.91. The number of rotatable bonds is 4. The van der Waals surface area contributed by atoms with Crippen LogP contribution in [-0.4, -0.2) is 29.8 Å². The third kappa shape index (κ3) is 3.81. The molecule has 1 aromatic carbocycles. The maximum atomic E-state index is 11.8. The minimum Gasteiger partial charge on any atom is -0.352 e. The van der Waals surface area contributed by atoms with Crippen molar-refractivity contribution < 1.29 is 9.59 Å². The largest absolute Gasteiger partial charge is 0.352 e. The minimum atomic E-state index is -0.194. The topological polar surface area (TPSA) is 49.4 Å². The Morgan fingerprint density at radius 3 is 2.58 bits per heavy atom. The van der Waals surface area contributed by atoms with E-state index in [1.807, 2.05) is 31.2 Å². The first-order valence-corrected chi connectivity index (χ1v) is 6.76.